The molecule has 1 unspecified atom stereocenters. The molecule has 0 aromatic heterocycles. The first kappa shape index (κ1) is 18.6. The quantitative estimate of drug-likeness (QED) is 0.797. The number of carbonyl (C=O) groups is 1. The maximum atomic E-state index is 12.3. The second-order valence-electron chi connectivity index (χ2n) is 5.66. The number of benzene rings is 2. The highest BCUT2D eigenvalue weighted by atomic mass is 16.5. The van der Waals surface area contributed by atoms with Crippen LogP contribution in [-0.2, 0) is 11.2 Å². The standard InChI is InChI=1S/C20H25NO4/c1-5-25-17-9-6-15(7-10-17)12-20(22)21-14(2)16-8-11-18(23-3)19(13-16)24-4/h6-11,13-14H,5,12H2,1-4H3,(H,21,22). The summed E-state index contributed by atoms with van der Waals surface area (Å²) in [7, 11) is 3.19. The largest absolute Gasteiger partial charge is 0.494 e. The Kier molecular flexibility index (Phi) is 6.69. The molecule has 1 amide bonds. The highest BCUT2D eigenvalue weighted by molar-refractivity contribution is 5.79. The van der Waals surface area contributed by atoms with Gasteiger partial charge in [-0.15, -0.1) is 0 Å². The van der Waals surface area contributed by atoms with Gasteiger partial charge >= 0.3 is 0 Å². The van der Waals surface area contributed by atoms with Crippen molar-refractivity contribution >= 4 is 5.91 Å². The van der Waals surface area contributed by atoms with Gasteiger partial charge in [0.25, 0.3) is 0 Å². The average Bonchev–Trinajstić information content (AvgIpc) is 2.62. The molecule has 1 N–H and O–H groups in total. The van der Waals surface area contributed by atoms with E-state index in [9.17, 15) is 4.79 Å². The number of carbonyl (C=O) groups excluding carboxylic acids is 1. The van der Waals surface area contributed by atoms with Crippen LogP contribution in [0, 0.1) is 0 Å². The van der Waals surface area contributed by atoms with E-state index in [0.717, 1.165) is 16.9 Å². The van der Waals surface area contributed by atoms with Crippen molar-refractivity contribution in [2.75, 3.05) is 20.8 Å². The zero-order valence-electron chi connectivity index (χ0n) is 15.2. The van der Waals surface area contributed by atoms with Gasteiger partial charge < -0.3 is 19.5 Å². The molecule has 0 bridgehead atoms. The molecule has 0 aliphatic heterocycles. The van der Waals surface area contributed by atoms with E-state index < -0.39 is 0 Å². The van der Waals surface area contributed by atoms with Gasteiger partial charge in [0.05, 0.1) is 33.3 Å². The SMILES string of the molecule is CCOc1ccc(CC(=O)NC(C)c2ccc(OC)c(OC)c2)cc1. The van der Waals surface area contributed by atoms with Crippen LogP contribution < -0.4 is 19.5 Å². The highest BCUT2D eigenvalue weighted by Gasteiger charge is 2.13. The molecule has 5 nitrogen and oxygen atoms in total. The van der Waals surface area contributed by atoms with E-state index in [-0.39, 0.29) is 11.9 Å². The van der Waals surface area contributed by atoms with Gasteiger partial charge in [0.2, 0.25) is 5.91 Å². The van der Waals surface area contributed by atoms with Gasteiger partial charge in [-0.3, -0.25) is 4.79 Å². The number of nitrogens with one attached hydrogen (secondary N) is 1. The minimum atomic E-state index is -0.130. The summed E-state index contributed by atoms with van der Waals surface area (Å²) in [5, 5.41) is 3.01. The number of rotatable bonds is 8. The lowest BCUT2D eigenvalue weighted by Crippen LogP contribution is -2.28. The van der Waals surface area contributed by atoms with Crippen LogP contribution in [0.4, 0.5) is 0 Å². The molecule has 2 aromatic rings. The molecule has 25 heavy (non-hydrogen) atoms. The molecule has 0 fully saturated rings. The van der Waals surface area contributed by atoms with E-state index in [1.165, 1.54) is 0 Å². The molecule has 0 heterocycles. The molecular weight excluding hydrogens is 318 g/mol. The third kappa shape index (κ3) is 5.14. The minimum Gasteiger partial charge on any atom is -0.494 e. The van der Waals surface area contributed by atoms with Gasteiger partial charge in [0.15, 0.2) is 11.5 Å². The second-order valence-corrected chi connectivity index (χ2v) is 5.66. The van der Waals surface area contributed by atoms with Crippen molar-refractivity contribution in [1.29, 1.82) is 0 Å². The average molecular weight is 343 g/mol. The molecule has 0 aliphatic carbocycles. The maximum absolute atomic E-state index is 12.3. The minimum absolute atomic E-state index is 0.0357. The van der Waals surface area contributed by atoms with E-state index in [1.54, 1.807) is 14.2 Å². The molecule has 0 saturated heterocycles. The molecule has 5 heteroatoms. The first-order chi connectivity index (χ1) is 12.1. The van der Waals surface area contributed by atoms with Gasteiger partial charge in [-0.25, -0.2) is 0 Å². The predicted molar refractivity (Wildman–Crippen MR) is 97.4 cm³/mol. The first-order valence-electron chi connectivity index (χ1n) is 8.30. The summed E-state index contributed by atoms with van der Waals surface area (Å²) in [5.41, 5.74) is 1.90. The van der Waals surface area contributed by atoms with Crippen molar-refractivity contribution in [3.05, 3.63) is 53.6 Å². The molecule has 1 atom stereocenters. The van der Waals surface area contributed by atoms with E-state index in [2.05, 4.69) is 5.32 Å². The van der Waals surface area contributed by atoms with Gasteiger partial charge in [-0.1, -0.05) is 18.2 Å². The van der Waals surface area contributed by atoms with E-state index in [4.69, 9.17) is 14.2 Å². The van der Waals surface area contributed by atoms with E-state index in [0.29, 0.717) is 24.5 Å². The van der Waals surface area contributed by atoms with Crippen molar-refractivity contribution in [3.8, 4) is 17.2 Å². The Labute approximate surface area is 148 Å². The smallest absolute Gasteiger partial charge is 0.224 e. The number of amides is 1. The molecular formula is C20H25NO4. The molecule has 0 spiro atoms. The van der Waals surface area contributed by atoms with Gasteiger partial charge in [0, 0.05) is 0 Å². The Hall–Kier alpha value is -2.69. The number of hydrogen-bond donors (Lipinski definition) is 1. The van der Waals surface area contributed by atoms with Crippen molar-refractivity contribution in [1.82, 2.24) is 5.32 Å². The summed E-state index contributed by atoms with van der Waals surface area (Å²) in [4.78, 5) is 12.3. The van der Waals surface area contributed by atoms with Crippen LogP contribution in [0.5, 0.6) is 17.2 Å². The van der Waals surface area contributed by atoms with Crippen LogP contribution in [0.25, 0.3) is 0 Å². The molecule has 0 aliphatic rings. The molecule has 0 radical (unpaired) electrons. The summed E-state index contributed by atoms with van der Waals surface area (Å²) in [6.45, 7) is 4.51. The van der Waals surface area contributed by atoms with Crippen LogP contribution in [-0.4, -0.2) is 26.7 Å². The van der Waals surface area contributed by atoms with Crippen LogP contribution >= 0.6 is 0 Å². The van der Waals surface area contributed by atoms with Gasteiger partial charge in [-0.2, -0.15) is 0 Å². The second kappa shape index (κ2) is 8.97. The Morgan fingerprint density at radius 3 is 2.32 bits per heavy atom. The lowest BCUT2D eigenvalue weighted by Gasteiger charge is -2.16. The Morgan fingerprint density at radius 1 is 1.04 bits per heavy atom. The summed E-state index contributed by atoms with van der Waals surface area (Å²) in [5.74, 6) is 2.09. The van der Waals surface area contributed by atoms with Crippen molar-refractivity contribution < 1.29 is 19.0 Å². The summed E-state index contributed by atoms with van der Waals surface area (Å²) in [6, 6.07) is 13.1. The Bertz CT molecular complexity index is 697. The monoisotopic (exact) mass is 343 g/mol. The first-order valence-corrected chi connectivity index (χ1v) is 8.30. The van der Waals surface area contributed by atoms with Crippen LogP contribution in [0.2, 0.25) is 0 Å². The Balaban J connectivity index is 1.97. The normalized spacial score (nSPS) is 11.5. The fourth-order valence-electron chi connectivity index (χ4n) is 2.55. The van der Waals surface area contributed by atoms with Crippen LogP contribution in [0.3, 0.4) is 0 Å². The topological polar surface area (TPSA) is 56.8 Å². The molecule has 2 aromatic carbocycles. The number of methoxy groups -OCH3 is 2. The predicted octanol–water partition coefficient (Wildman–Crippen LogP) is 3.52. The third-order valence-corrected chi connectivity index (χ3v) is 3.88. The molecule has 2 rings (SSSR count). The zero-order chi connectivity index (χ0) is 18.2. The fourth-order valence-corrected chi connectivity index (χ4v) is 2.55. The summed E-state index contributed by atoms with van der Waals surface area (Å²) in [6.07, 6.45) is 0.323. The van der Waals surface area contributed by atoms with Crippen LogP contribution in [0.15, 0.2) is 42.5 Å². The maximum Gasteiger partial charge on any atom is 0.224 e. The number of ether oxygens (including phenoxy) is 3. The van der Waals surface area contributed by atoms with E-state index in [1.807, 2.05) is 56.3 Å². The van der Waals surface area contributed by atoms with Crippen molar-refractivity contribution in [2.45, 2.75) is 26.3 Å². The van der Waals surface area contributed by atoms with E-state index >= 15 is 0 Å². The van der Waals surface area contributed by atoms with Gasteiger partial charge in [-0.05, 0) is 49.2 Å². The van der Waals surface area contributed by atoms with Crippen molar-refractivity contribution in [2.24, 2.45) is 0 Å². The zero-order valence-corrected chi connectivity index (χ0v) is 15.2. The third-order valence-electron chi connectivity index (χ3n) is 3.88. The summed E-state index contributed by atoms with van der Waals surface area (Å²) >= 11 is 0. The number of hydrogen-bond acceptors (Lipinski definition) is 4. The van der Waals surface area contributed by atoms with Crippen molar-refractivity contribution in [3.63, 3.8) is 0 Å². The van der Waals surface area contributed by atoms with Gasteiger partial charge in [0.1, 0.15) is 5.75 Å². The summed E-state index contributed by atoms with van der Waals surface area (Å²) < 4.78 is 16.0. The van der Waals surface area contributed by atoms with Crippen LogP contribution in [0.1, 0.15) is 31.0 Å². The molecule has 0 saturated carbocycles. The highest BCUT2D eigenvalue weighted by Crippen LogP contribution is 2.29. The lowest BCUT2D eigenvalue weighted by atomic mass is 10.1. The molecule has 134 valence electrons. The Morgan fingerprint density at radius 2 is 1.72 bits per heavy atom. The fraction of sp³-hybridized carbons (Fsp3) is 0.350. The lowest BCUT2D eigenvalue weighted by molar-refractivity contribution is -0.121.